The molecule has 4 aromatic rings. The minimum atomic E-state index is -1.54. The Balaban J connectivity index is 1.88. The highest BCUT2D eigenvalue weighted by Crippen LogP contribution is 2.54. The van der Waals surface area contributed by atoms with E-state index in [2.05, 4.69) is 32.0 Å². The van der Waals surface area contributed by atoms with Crippen molar-refractivity contribution in [3.05, 3.63) is 76.0 Å². The lowest BCUT2D eigenvalue weighted by atomic mass is 9.71. The average molecular weight is 611 g/mol. The molecule has 0 saturated carbocycles. The molecule has 0 bridgehead atoms. The number of hydrogen-bond donors (Lipinski definition) is 1. The Morgan fingerprint density at radius 2 is 1.75 bits per heavy atom. The molecule has 0 fully saturated rings. The second-order valence-electron chi connectivity index (χ2n) is 9.84. The van der Waals surface area contributed by atoms with Crippen molar-refractivity contribution in [2.24, 2.45) is 0 Å². The zero-order chi connectivity index (χ0) is 28.4. The maximum Gasteiger partial charge on any atom is 0.260 e. The molecule has 1 N–H and O–H groups in total. The van der Waals surface area contributed by atoms with E-state index in [9.17, 15) is 5.11 Å². The van der Waals surface area contributed by atoms with Crippen molar-refractivity contribution in [2.45, 2.75) is 17.9 Å². The normalized spacial score (nSPS) is 14.7. The van der Waals surface area contributed by atoms with Gasteiger partial charge in [0.05, 0.1) is 21.3 Å². The fourth-order valence-electron chi connectivity index (χ4n) is 5.36. The van der Waals surface area contributed by atoms with E-state index in [1.807, 2.05) is 49.3 Å². The third-order valence-electron chi connectivity index (χ3n) is 7.23. The van der Waals surface area contributed by atoms with Crippen LogP contribution in [0.25, 0.3) is 10.8 Å². The van der Waals surface area contributed by atoms with Crippen LogP contribution in [0.5, 0.6) is 29.0 Å². The van der Waals surface area contributed by atoms with Gasteiger partial charge in [0.1, 0.15) is 11.4 Å². The molecule has 5 rings (SSSR count). The van der Waals surface area contributed by atoms with Crippen LogP contribution in [-0.4, -0.2) is 68.7 Å². The Labute approximate surface area is 241 Å². The summed E-state index contributed by atoms with van der Waals surface area (Å²) in [6.07, 6.45) is 3.61. The molecular formula is C30H32BrN3O6. The standard InChI is InChI=1S/C30H32BrN3O6/c1-34(2)13-10-30(35,23-9-12-33-29-27(23)39-17-40-29)25(21-8-11-32-28(38-5)26(21)37-4)22-15-19-14-20(31)7-6-18(19)16-24(22)36-3/h6-9,11-12,14-16,25,35H,10,13,17H2,1-5H3/t25-,30-/m1/s1. The fourth-order valence-corrected chi connectivity index (χ4v) is 5.73. The predicted octanol–water partition coefficient (Wildman–Crippen LogP) is 5.12. The van der Waals surface area contributed by atoms with E-state index in [0.29, 0.717) is 53.1 Å². The van der Waals surface area contributed by atoms with Crippen LogP contribution in [-0.2, 0) is 5.60 Å². The minimum Gasteiger partial charge on any atom is -0.496 e. The largest absolute Gasteiger partial charge is 0.496 e. The van der Waals surface area contributed by atoms with Crippen LogP contribution in [0.3, 0.4) is 0 Å². The predicted molar refractivity (Wildman–Crippen MR) is 155 cm³/mol. The summed E-state index contributed by atoms with van der Waals surface area (Å²) in [5.41, 5.74) is 0.437. The van der Waals surface area contributed by atoms with Crippen molar-refractivity contribution in [3.8, 4) is 29.0 Å². The van der Waals surface area contributed by atoms with Crippen molar-refractivity contribution >= 4 is 26.7 Å². The molecule has 0 unspecified atom stereocenters. The third kappa shape index (κ3) is 5.02. The van der Waals surface area contributed by atoms with Gasteiger partial charge in [0.2, 0.25) is 6.79 Å². The van der Waals surface area contributed by atoms with E-state index in [-0.39, 0.29) is 6.79 Å². The molecule has 10 heteroatoms. The Bertz CT molecular complexity index is 1530. The zero-order valence-corrected chi connectivity index (χ0v) is 24.7. The Morgan fingerprint density at radius 3 is 2.48 bits per heavy atom. The third-order valence-corrected chi connectivity index (χ3v) is 7.72. The molecular weight excluding hydrogens is 578 g/mol. The lowest BCUT2D eigenvalue weighted by molar-refractivity contribution is 0.000947. The number of hydrogen-bond acceptors (Lipinski definition) is 9. The van der Waals surface area contributed by atoms with Gasteiger partial charge in [-0.15, -0.1) is 0 Å². The van der Waals surface area contributed by atoms with Crippen LogP contribution in [0.2, 0.25) is 0 Å². The molecule has 0 radical (unpaired) electrons. The molecule has 1 aliphatic heterocycles. The van der Waals surface area contributed by atoms with Crippen molar-refractivity contribution in [3.63, 3.8) is 0 Å². The molecule has 0 aliphatic carbocycles. The van der Waals surface area contributed by atoms with Crippen molar-refractivity contribution in [1.82, 2.24) is 14.9 Å². The number of ether oxygens (including phenoxy) is 5. The van der Waals surface area contributed by atoms with Crippen LogP contribution in [0.1, 0.15) is 29.0 Å². The number of nitrogens with zero attached hydrogens (tertiary/aromatic N) is 3. The van der Waals surface area contributed by atoms with Crippen molar-refractivity contribution in [2.75, 3.05) is 48.8 Å². The zero-order valence-electron chi connectivity index (χ0n) is 23.1. The van der Waals surface area contributed by atoms with Crippen molar-refractivity contribution in [1.29, 1.82) is 0 Å². The highest BCUT2D eigenvalue weighted by molar-refractivity contribution is 9.10. The number of fused-ring (bicyclic) bond motifs is 2. The molecule has 0 spiro atoms. The van der Waals surface area contributed by atoms with Crippen molar-refractivity contribution < 1.29 is 28.8 Å². The molecule has 2 atom stereocenters. The number of pyridine rings is 2. The topological polar surface area (TPSA) is 95.4 Å². The van der Waals surface area contributed by atoms with Crippen LogP contribution >= 0.6 is 15.9 Å². The lowest BCUT2D eigenvalue weighted by Crippen LogP contribution is -2.38. The summed E-state index contributed by atoms with van der Waals surface area (Å²) in [6.45, 7) is 0.588. The van der Waals surface area contributed by atoms with E-state index in [0.717, 1.165) is 20.8 Å². The first kappa shape index (κ1) is 27.9. The van der Waals surface area contributed by atoms with Crippen LogP contribution in [0.4, 0.5) is 0 Å². The number of methoxy groups -OCH3 is 3. The number of aromatic nitrogens is 2. The maximum absolute atomic E-state index is 13.1. The fraction of sp³-hybridized carbons (Fsp3) is 0.333. The number of aliphatic hydroxyl groups is 1. The molecule has 0 amide bonds. The summed E-state index contributed by atoms with van der Waals surface area (Å²) >= 11 is 3.60. The van der Waals surface area contributed by atoms with Gasteiger partial charge < -0.3 is 33.7 Å². The van der Waals surface area contributed by atoms with E-state index in [1.54, 1.807) is 32.7 Å². The van der Waals surface area contributed by atoms with Gasteiger partial charge in [0, 0.05) is 46.0 Å². The molecule has 2 aromatic heterocycles. The number of benzene rings is 2. The summed E-state index contributed by atoms with van der Waals surface area (Å²) in [7, 11) is 8.67. The van der Waals surface area contributed by atoms with Gasteiger partial charge in [0.15, 0.2) is 11.5 Å². The van der Waals surface area contributed by atoms with Gasteiger partial charge >= 0.3 is 0 Å². The summed E-state index contributed by atoms with van der Waals surface area (Å²) in [5.74, 6) is 1.38. The highest BCUT2D eigenvalue weighted by atomic mass is 79.9. The van der Waals surface area contributed by atoms with Gasteiger partial charge in [-0.05, 0) is 67.7 Å². The van der Waals surface area contributed by atoms with Crippen LogP contribution < -0.4 is 23.7 Å². The van der Waals surface area contributed by atoms with Crippen LogP contribution in [0, 0.1) is 0 Å². The lowest BCUT2D eigenvalue weighted by Gasteiger charge is -2.39. The summed E-state index contributed by atoms with van der Waals surface area (Å²) in [4.78, 5) is 10.7. The van der Waals surface area contributed by atoms with Gasteiger partial charge in [-0.2, -0.15) is 0 Å². The minimum absolute atomic E-state index is 0.0213. The molecule has 40 heavy (non-hydrogen) atoms. The number of halogens is 1. The van der Waals surface area contributed by atoms with Gasteiger partial charge in [0.25, 0.3) is 11.8 Å². The van der Waals surface area contributed by atoms with E-state index >= 15 is 0 Å². The first-order chi connectivity index (χ1) is 19.3. The van der Waals surface area contributed by atoms with Gasteiger partial charge in [-0.3, -0.25) is 0 Å². The molecule has 2 aromatic carbocycles. The average Bonchev–Trinajstić information content (AvgIpc) is 3.44. The van der Waals surface area contributed by atoms with E-state index in [4.69, 9.17) is 23.7 Å². The molecule has 0 saturated heterocycles. The van der Waals surface area contributed by atoms with E-state index in [1.165, 1.54) is 7.11 Å². The first-order valence-corrected chi connectivity index (χ1v) is 13.6. The molecule has 1 aliphatic rings. The smallest absolute Gasteiger partial charge is 0.260 e. The summed E-state index contributed by atoms with van der Waals surface area (Å²) < 4.78 is 29.9. The molecule has 9 nitrogen and oxygen atoms in total. The van der Waals surface area contributed by atoms with Gasteiger partial charge in [-0.1, -0.05) is 22.0 Å². The van der Waals surface area contributed by atoms with E-state index < -0.39 is 11.5 Å². The second-order valence-corrected chi connectivity index (χ2v) is 10.8. The SMILES string of the molecule is COc1cc2ccc(Br)cc2cc1[C@@H](c1ccnc(OC)c1OC)[C@@](O)(CCN(C)C)c1ccnc2c1OCO2. The summed E-state index contributed by atoms with van der Waals surface area (Å²) in [6, 6.07) is 13.7. The first-order valence-electron chi connectivity index (χ1n) is 12.8. The molecule has 210 valence electrons. The quantitative estimate of drug-likeness (QED) is 0.263. The summed E-state index contributed by atoms with van der Waals surface area (Å²) in [5, 5.41) is 15.1. The Hall–Kier alpha value is -3.60. The number of rotatable bonds is 10. The highest BCUT2D eigenvalue weighted by Gasteiger charge is 2.47. The van der Waals surface area contributed by atoms with Crippen LogP contribution in [0.15, 0.2) is 59.3 Å². The Kier molecular flexibility index (Phi) is 8.02. The molecule has 3 heterocycles. The van der Waals surface area contributed by atoms with Gasteiger partial charge in [-0.25, -0.2) is 9.97 Å². The monoisotopic (exact) mass is 609 g/mol. The maximum atomic E-state index is 13.1. The Morgan fingerprint density at radius 1 is 0.950 bits per heavy atom. The second kappa shape index (κ2) is 11.5.